The van der Waals surface area contributed by atoms with E-state index in [2.05, 4.69) is 20.3 Å². The first-order chi connectivity index (χ1) is 13.8. The quantitative estimate of drug-likeness (QED) is 0.700. The van der Waals surface area contributed by atoms with Gasteiger partial charge in [-0.05, 0) is 37.6 Å². The lowest BCUT2D eigenvalue weighted by Crippen LogP contribution is -2.46. The number of benzene rings is 1. The third-order valence-corrected chi connectivity index (χ3v) is 6.36. The van der Waals surface area contributed by atoms with E-state index in [0.717, 1.165) is 6.42 Å². The Morgan fingerprint density at radius 3 is 2.90 bits per heavy atom. The molecule has 2 fully saturated rings. The van der Waals surface area contributed by atoms with Gasteiger partial charge in [-0.1, -0.05) is 0 Å². The maximum atomic E-state index is 13.0. The molecule has 3 N–H and O–H groups in total. The number of hydrogen-bond acceptors (Lipinski definition) is 9. The highest BCUT2D eigenvalue weighted by molar-refractivity contribution is 8.01. The number of rotatable bonds is 5. The Bertz CT molecular complexity index is 959. The number of halogens is 1. The van der Waals surface area contributed by atoms with E-state index >= 15 is 0 Å². The van der Waals surface area contributed by atoms with Gasteiger partial charge >= 0.3 is 5.97 Å². The van der Waals surface area contributed by atoms with E-state index in [1.807, 2.05) is 6.92 Å². The molecule has 0 unspecified atom stereocenters. The van der Waals surface area contributed by atoms with Crippen molar-refractivity contribution in [2.75, 3.05) is 16.8 Å². The summed E-state index contributed by atoms with van der Waals surface area (Å²) < 4.78 is 18.4. The first kappa shape index (κ1) is 19.4. The third kappa shape index (κ3) is 3.95. The zero-order valence-electron chi connectivity index (χ0n) is 15.6. The Hall–Kier alpha value is -2.95. The number of fused-ring (bicyclic) bond motifs is 1. The van der Waals surface area contributed by atoms with Crippen LogP contribution in [0.5, 0.6) is 0 Å². The summed E-state index contributed by atoms with van der Waals surface area (Å²) in [6.45, 7) is 1.76. The molecule has 2 atom stereocenters. The van der Waals surface area contributed by atoms with E-state index in [4.69, 9.17) is 10.5 Å². The Kier molecular flexibility index (Phi) is 4.99. The van der Waals surface area contributed by atoms with E-state index in [1.165, 1.54) is 24.3 Å². The maximum absolute atomic E-state index is 13.0. The highest BCUT2D eigenvalue weighted by Crippen LogP contribution is 2.47. The predicted octanol–water partition coefficient (Wildman–Crippen LogP) is 1.83. The van der Waals surface area contributed by atoms with Crippen LogP contribution in [0.1, 0.15) is 25.6 Å². The lowest BCUT2D eigenvalue weighted by Gasteiger charge is -2.29. The van der Waals surface area contributed by atoms with Crippen molar-refractivity contribution in [3.05, 3.63) is 35.9 Å². The summed E-state index contributed by atoms with van der Waals surface area (Å²) in [5, 5.41) is 2.89. The minimum Gasteiger partial charge on any atom is -0.456 e. The van der Waals surface area contributed by atoms with Gasteiger partial charge in [-0.25, -0.2) is 9.18 Å². The molecule has 1 aromatic carbocycles. The fourth-order valence-electron chi connectivity index (χ4n) is 3.45. The molecule has 0 spiro atoms. The SMILES string of the molecule is C[C@]12CCC(=O)N1[C@H](C(=O)OCc1nc(N)nc(Nc3ccc(F)cc3)n1)CS2. The molecule has 2 aromatic rings. The Morgan fingerprint density at radius 1 is 1.38 bits per heavy atom. The van der Waals surface area contributed by atoms with Crippen molar-refractivity contribution in [3.63, 3.8) is 0 Å². The highest BCUT2D eigenvalue weighted by Gasteiger charge is 2.53. The van der Waals surface area contributed by atoms with E-state index < -0.39 is 12.0 Å². The van der Waals surface area contributed by atoms with Crippen molar-refractivity contribution < 1.29 is 18.7 Å². The van der Waals surface area contributed by atoms with Gasteiger partial charge in [0.2, 0.25) is 17.8 Å². The Balaban J connectivity index is 1.42. The van der Waals surface area contributed by atoms with Gasteiger partial charge in [-0.15, -0.1) is 11.8 Å². The molecule has 1 aromatic heterocycles. The summed E-state index contributed by atoms with van der Waals surface area (Å²) in [5.74, 6) is -0.133. The number of nitrogens with zero attached hydrogens (tertiary/aromatic N) is 4. The summed E-state index contributed by atoms with van der Waals surface area (Å²) in [6, 6.07) is 5.02. The standard InChI is InChI=1S/C18H19FN6O3S/c1-18-7-6-14(26)25(18)12(9-29-18)15(27)28-8-13-22-16(20)24-17(23-13)21-11-4-2-10(19)3-5-11/h2-5,12H,6-9H2,1H3,(H3,20,21,22,23,24)/t12-,18-/m0/s1. The van der Waals surface area contributed by atoms with Crippen LogP contribution in [-0.2, 0) is 20.9 Å². The van der Waals surface area contributed by atoms with Crippen LogP contribution in [0.3, 0.4) is 0 Å². The summed E-state index contributed by atoms with van der Waals surface area (Å²) >= 11 is 1.59. The van der Waals surface area contributed by atoms with E-state index in [9.17, 15) is 14.0 Å². The van der Waals surface area contributed by atoms with E-state index in [-0.39, 0.29) is 40.9 Å². The fourth-order valence-corrected chi connectivity index (χ4v) is 4.86. The molecule has 3 heterocycles. The molecule has 0 bridgehead atoms. The number of carbonyl (C=O) groups excluding carboxylic acids is 2. The predicted molar refractivity (Wildman–Crippen MR) is 104 cm³/mol. The molecule has 4 rings (SSSR count). The number of nitrogens with two attached hydrogens (primary N) is 1. The lowest BCUT2D eigenvalue weighted by atomic mass is 10.2. The number of aromatic nitrogens is 3. The number of esters is 1. The van der Waals surface area contributed by atoms with E-state index in [0.29, 0.717) is 17.9 Å². The van der Waals surface area contributed by atoms with Crippen molar-refractivity contribution in [1.29, 1.82) is 0 Å². The number of anilines is 3. The molecule has 9 nitrogen and oxygen atoms in total. The van der Waals surface area contributed by atoms with Crippen LogP contribution in [0.25, 0.3) is 0 Å². The second-order valence-corrected chi connectivity index (χ2v) is 8.44. The summed E-state index contributed by atoms with van der Waals surface area (Å²) in [4.78, 5) is 38.1. The van der Waals surface area contributed by atoms with Gasteiger partial charge in [0.25, 0.3) is 0 Å². The average molecular weight is 418 g/mol. The molecule has 1 amide bonds. The van der Waals surface area contributed by atoms with Gasteiger partial charge in [0, 0.05) is 17.9 Å². The molecule has 0 aliphatic carbocycles. The molecule has 0 radical (unpaired) electrons. The molecular weight excluding hydrogens is 399 g/mol. The number of amides is 1. The van der Waals surface area contributed by atoms with Gasteiger partial charge in [0.05, 0.1) is 4.87 Å². The molecule has 0 saturated carbocycles. The van der Waals surface area contributed by atoms with Crippen LogP contribution in [0, 0.1) is 5.82 Å². The second-order valence-electron chi connectivity index (χ2n) is 6.94. The van der Waals surface area contributed by atoms with Gasteiger partial charge < -0.3 is 20.7 Å². The van der Waals surface area contributed by atoms with Gasteiger partial charge in [0.15, 0.2) is 12.4 Å². The van der Waals surface area contributed by atoms with Crippen LogP contribution in [0.2, 0.25) is 0 Å². The molecule has 11 heteroatoms. The average Bonchev–Trinajstić information content (AvgIpc) is 3.17. The van der Waals surface area contributed by atoms with E-state index in [1.54, 1.807) is 16.7 Å². The largest absolute Gasteiger partial charge is 0.456 e. The normalized spacial score (nSPS) is 23.2. The number of ether oxygens (including phenoxy) is 1. The monoisotopic (exact) mass is 418 g/mol. The molecular formula is C18H19FN6O3S. The van der Waals surface area contributed by atoms with Gasteiger partial charge in [-0.2, -0.15) is 15.0 Å². The van der Waals surface area contributed by atoms with Crippen LogP contribution in [-0.4, -0.2) is 48.4 Å². The molecule has 2 aliphatic rings. The number of carbonyl (C=O) groups is 2. The lowest BCUT2D eigenvalue weighted by molar-refractivity contribution is -0.154. The third-order valence-electron chi connectivity index (χ3n) is 4.86. The molecule has 2 aliphatic heterocycles. The Morgan fingerprint density at radius 2 is 2.14 bits per heavy atom. The van der Waals surface area contributed by atoms with Crippen molar-refractivity contribution in [1.82, 2.24) is 19.9 Å². The van der Waals surface area contributed by atoms with Crippen LogP contribution in [0.4, 0.5) is 22.0 Å². The van der Waals surface area contributed by atoms with Crippen molar-refractivity contribution in [2.24, 2.45) is 0 Å². The zero-order chi connectivity index (χ0) is 20.6. The van der Waals surface area contributed by atoms with Crippen molar-refractivity contribution in [2.45, 2.75) is 37.3 Å². The van der Waals surface area contributed by atoms with Gasteiger partial charge in [0.1, 0.15) is 11.9 Å². The number of nitrogens with one attached hydrogen (secondary N) is 1. The minimum absolute atomic E-state index is 0.0327. The topological polar surface area (TPSA) is 123 Å². The summed E-state index contributed by atoms with van der Waals surface area (Å²) in [6.07, 6.45) is 1.17. The first-order valence-electron chi connectivity index (χ1n) is 9.00. The smallest absolute Gasteiger partial charge is 0.330 e. The second kappa shape index (κ2) is 7.47. The molecule has 152 valence electrons. The van der Waals surface area contributed by atoms with Gasteiger partial charge in [-0.3, -0.25) is 4.79 Å². The molecule has 29 heavy (non-hydrogen) atoms. The summed E-state index contributed by atoms with van der Waals surface area (Å²) in [5.41, 5.74) is 6.28. The number of nitrogen functional groups attached to an aromatic ring is 1. The molecule has 2 saturated heterocycles. The highest BCUT2D eigenvalue weighted by atomic mass is 32.2. The maximum Gasteiger partial charge on any atom is 0.330 e. The minimum atomic E-state index is -0.615. The van der Waals surface area contributed by atoms with Crippen molar-refractivity contribution in [3.8, 4) is 0 Å². The number of hydrogen-bond donors (Lipinski definition) is 2. The zero-order valence-corrected chi connectivity index (χ0v) is 16.4. The van der Waals surface area contributed by atoms with Crippen LogP contribution in [0.15, 0.2) is 24.3 Å². The summed E-state index contributed by atoms with van der Waals surface area (Å²) in [7, 11) is 0. The van der Waals surface area contributed by atoms with Crippen molar-refractivity contribution >= 4 is 41.2 Å². The number of thioether (sulfide) groups is 1. The fraction of sp³-hybridized carbons (Fsp3) is 0.389. The first-order valence-corrected chi connectivity index (χ1v) is 9.98. The van der Waals surface area contributed by atoms with Crippen LogP contribution < -0.4 is 11.1 Å². The van der Waals surface area contributed by atoms with Crippen LogP contribution >= 0.6 is 11.8 Å². The Labute approximate surface area is 170 Å².